The first-order valence-corrected chi connectivity index (χ1v) is 13.3. The predicted octanol–water partition coefficient (Wildman–Crippen LogP) is 5.12. The highest BCUT2D eigenvalue weighted by Gasteiger charge is 2.27. The van der Waals surface area contributed by atoms with Crippen LogP contribution in [-0.2, 0) is 9.59 Å². The smallest absolute Gasteiger partial charge is 0.223 e. The monoisotopic (exact) mass is 481 g/mol. The van der Waals surface area contributed by atoms with Crippen LogP contribution in [-0.4, -0.2) is 51.7 Å². The SMILES string of the molecule is CCC(=O)CCCCC[C@H](NC(=O)C1CCN(C)CC1)c1ncc(-c2nc3ccccc3s2)[nH]1. The zero-order valence-corrected chi connectivity index (χ0v) is 21.0. The van der Waals surface area contributed by atoms with E-state index in [1.54, 1.807) is 11.3 Å². The van der Waals surface area contributed by atoms with Crippen LogP contribution < -0.4 is 5.32 Å². The molecule has 0 spiro atoms. The third kappa shape index (κ3) is 6.30. The number of thiazole rings is 1. The number of H-pyrrole nitrogens is 1. The summed E-state index contributed by atoms with van der Waals surface area (Å²) in [4.78, 5) is 39.8. The molecular weight excluding hydrogens is 446 g/mol. The number of piperidine rings is 1. The molecule has 0 unspecified atom stereocenters. The number of ketones is 1. The first-order chi connectivity index (χ1) is 16.5. The maximum Gasteiger partial charge on any atom is 0.223 e. The fourth-order valence-corrected chi connectivity index (χ4v) is 5.40. The molecular formula is C26H35N5O2S. The summed E-state index contributed by atoms with van der Waals surface area (Å²) in [5.74, 6) is 1.27. The second-order valence-corrected chi connectivity index (χ2v) is 10.3. The van der Waals surface area contributed by atoms with Crippen LogP contribution in [0, 0.1) is 5.92 Å². The van der Waals surface area contributed by atoms with Crippen LogP contribution in [0.5, 0.6) is 0 Å². The van der Waals surface area contributed by atoms with Gasteiger partial charge in [-0.1, -0.05) is 31.9 Å². The van der Waals surface area contributed by atoms with Gasteiger partial charge in [0.1, 0.15) is 16.6 Å². The van der Waals surface area contributed by atoms with Crippen molar-refractivity contribution in [1.29, 1.82) is 0 Å². The van der Waals surface area contributed by atoms with Crippen LogP contribution in [0.3, 0.4) is 0 Å². The van der Waals surface area contributed by atoms with E-state index >= 15 is 0 Å². The average Bonchev–Trinajstić information content (AvgIpc) is 3.50. The third-order valence-electron chi connectivity index (χ3n) is 6.70. The zero-order chi connectivity index (χ0) is 23.9. The molecule has 1 saturated heterocycles. The normalized spacial score (nSPS) is 16.1. The van der Waals surface area contributed by atoms with E-state index in [2.05, 4.69) is 33.3 Å². The van der Waals surface area contributed by atoms with Crippen molar-refractivity contribution in [2.24, 2.45) is 5.92 Å². The number of likely N-dealkylation sites (tertiary alicyclic amines) is 1. The zero-order valence-electron chi connectivity index (χ0n) is 20.2. The van der Waals surface area contributed by atoms with Crippen LogP contribution in [0.4, 0.5) is 0 Å². The van der Waals surface area contributed by atoms with Gasteiger partial charge in [0, 0.05) is 18.8 Å². The molecule has 3 heterocycles. The Morgan fingerprint density at radius 1 is 1.21 bits per heavy atom. The Labute approximate surface area is 205 Å². The lowest BCUT2D eigenvalue weighted by Crippen LogP contribution is -2.40. The fourth-order valence-electron chi connectivity index (χ4n) is 4.47. The maximum atomic E-state index is 13.1. The molecule has 182 valence electrons. The predicted molar refractivity (Wildman–Crippen MR) is 137 cm³/mol. The van der Waals surface area contributed by atoms with E-state index in [0.29, 0.717) is 18.6 Å². The number of hydrogen-bond acceptors (Lipinski definition) is 6. The minimum Gasteiger partial charge on any atom is -0.346 e. The third-order valence-corrected chi connectivity index (χ3v) is 7.77. The number of nitrogens with zero attached hydrogens (tertiary/aromatic N) is 3. The molecule has 2 aromatic heterocycles. The summed E-state index contributed by atoms with van der Waals surface area (Å²) in [6.45, 7) is 3.82. The van der Waals surface area contributed by atoms with Crippen LogP contribution in [0.25, 0.3) is 20.9 Å². The molecule has 3 aromatic rings. The van der Waals surface area contributed by atoms with Crippen LogP contribution >= 0.6 is 11.3 Å². The first-order valence-electron chi connectivity index (χ1n) is 12.4. The number of benzene rings is 1. The molecule has 2 N–H and O–H groups in total. The molecule has 1 atom stereocenters. The van der Waals surface area contributed by atoms with Gasteiger partial charge in [-0.05, 0) is 58.0 Å². The number of carbonyl (C=O) groups is 2. The summed E-state index contributed by atoms with van der Waals surface area (Å²) in [5, 5.41) is 4.19. The Bertz CT molecular complexity index is 1070. The molecule has 7 nitrogen and oxygen atoms in total. The molecule has 1 aliphatic heterocycles. The molecule has 1 aromatic carbocycles. The number of aromatic amines is 1. The minimum atomic E-state index is -0.169. The number of hydrogen-bond donors (Lipinski definition) is 2. The van der Waals surface area contributed by atoms with Crippen LogP contribution in [0.15, 0.2) is 30.5 Å². The van der Waals surface area contributed by atoms with Crippen molar-refractivity contribution in [3.05, 3.63) is 36.3 Å². The lowest BCUT2D eigenvalue weighted by molar-refractivity contribution is -0.127. The van der Waals surface area contributed by atoms with E-state index in [1.165, 1.54) is 0 Å². The van der Waals surface area contributed by atoms with Crippen molar-refractivity contribution in [2.75, 3.05) is 20.1 Å². The largest absolute Gasteiger partial charge is 0.346 e. The van der Waals surface area contributed by atoms with Gasteiger partial charge in [0.15, 0.2) is 0 Å². The second kappa shape index (κ2) is 11.7. The summed E-state index contributed by atoms with van der Waals surface area (Å²) in [7, 11) is 2.10. The Morgan fingerprint density at radius 2 is 2.00 bits per heavy atom. The summed E-state index contributed by atoms with van der Waals surface area (Å²) >= 11 is 1.64. The minimum absolute atomic E-state index is 0.0552. The van der Waals surface area contributed by atoms with Gasteiger partial charge >= 0.3 is 0 Å². The lowest BCUT2D eigenvalue weighted by atomic mass is 9.95. The molecule has 8 heteroatoms. The van der Waals surface area contributed by atoms with E-state index in [1.807, 2.05) is 31.3 Å². The first kappa shape index (κ1) is 24.5. The van der Waals surface area contributed by atoms with Crippen molar-refractivity contribution in [1.82, 2.24) is 25.2 Å². The van der Waals surface area contributed by atoms with Gasteiger partial charge in [0.05, 0.1) is 28.1 Å². The Morgan fingerprint density at radius 3 is 2.76 bits per heavy atom. The van der Waals surface area contributed by atoms with E-state index in [0.717, 1.165) is 78.4 Å². The fraction of sp³-hybridized carbons (Fsp3) is 0.538. The van der Waals surface area contributed by atoms with Gasteiger partial charge in [-0.25, -0.2) is 9.97 Å². The topological polar surface area (TPSA) is 91.0 Å². The van der Waals surface area contributed by atoms with Crippen LogP contribution in [0.2, 0.25) is 0 Å². The molecule has 1 aliphatic rings. The molecule has 1 fully saturated rings. The number of amides is 1. The number of imidazole rings is 1. The summed E-state index contributed by atoms with van der Waals surface area (Å²) in [6, 6.07) is 7.93. The van der Waals surface area contributed by atoms with E-state index in [4.69, 9.17) is 4.98 Å². The van der Waals surface area contributed by atoms with Crippen molar-refractivity contribution in [3.63, 3.8) is 0 Å². The highest BCUT2D eigenvalue weighted by molar-refractivity contribution is 7.21. The molecule has 0 bridgehead atoms. The van der Waals surface area contributed by atoms with Crippen molar-refractivity contribution in [2.45, 2.75) is 64.3 Å². The van der Waals surface area contributed by atoms with E-state index in [-0.39, 0.29) is 17.9 Å². The number of aromatic nitrogens is 3. The number of carbonyl (C=O) groups excluding carboxylic acids is 2. The average molecular weight is 482 g/mol. The summed E-state index contributed by atoms with van der Waals surface area (Å²) in [5.41, 5.74) is 1.86. The Hall–Kier alpha value is -2.58. The van der Waals surface area contributed by atoms with Gasteiger partial charge in [-0.3, -0.25) is 9.59 Å². The number of nitrogens with one attached hydrogen (secondary N) is 2. The van der Waals surface area contributed by atoms with Gasteiger partial charge < -0.3 is 15.2 Å². The molecule has 0 saturated carbocycles. The Balaban J connectivity index is 1.44. The van der Waals surface area contributed by atoms with Crippen molar-refractivity contribution in [3.8, 4) is 10.7 Å². The molecule has 4 rings (SSSR count). The Kier molecular flexibility index (Phi) is 8.45. The summed E-state index contributed by atoms with van der Waals surface area (Å²) < 4.78 is 1.14. The van der Waals surface area contributed by atoms with E-state index in [9.17, 15) is 9.59 Å². The van der Waals surface area contributed by atoms with Gasteiger partial charge in [0.25, 0.3) is 0 Å². The summed E-state index contributed by atoms with van der Waals surface area (Å²) in [6.07, 6.45) is 8.46. The quantitative estimate of drug-likeness (QED) is 0.371. The molecule has 34 heavy (non-hydrogen) atoms. The standard InChI is InChI=1S/C26H35N5O2S/c1-3-19(32)9-5-4-6-11-21(29-25(33)18-13-15-31(2)16-14-18)24-27-17-22(28-24)26-30-20-10-7-8-12-23(20)34-26/h7-8,10,12,17-18,21H,3-6,9,11,13-16H2,1-2H3,(H,27,28)(H,29,33)/t21-/m0/s1. The number of rotatable bonds is 11. The highest BCUT2D eigenvalue weighted by Crippen LogP contribution is 2.30. The number of Topliss-reactive ketones (excluding diaryl/α,β-unsaturated/α-hetero) is 1. The van der Waals surface area contributed by atoms with Gasteiger partial charge in [-0.15, -0.1) is 11.3 Å². The maximum absolute atomic E-state index is 13.1. The van der Waals surface area contributed by atoms with Gasteiger partial charge in [-0.2, -0.15) is 0 Å². The highest BCUT2D eigenvalue weighted by atomic mass is 32.1. The number of para-hydroxylation sites is 1. The lowest BCUT2D eigenvalue weighted by Gasteiger charge is -2.29. The van der Waals surface area contributed by atoms with Crippen molar-refractivity contribution < 1.29 is 9.59 Å². The number of fused-ring (bicyclic) bond motifs is 1. The van der Waals surface area contributed by atoms with E-state index < -0.39 is 0 Å². The molecule has 1 amide bonds. The molecule has 0 radical (unpaired) electrons. The van der Waals surface area contributed by atoms with Crippen LogP contribution in [0.1, 0.15) is 70.2 Å². The molecule has 0 aliphatic carbocycles. The number of unbranched alkanes of at least 4 members (excludes halogenated alkanes) is 2. The second-order valence-electron chi connectivity index (χ2n) is 9.30. The van der Waals surface area contributed by atoms with Crippen molar-refractivity contribution >= 4 is 33.2 Å². The van der Waals surface area contributed by atoms with Gasteiger partial charge in [0.2, 0.25) is 5.91 Å².